The van der Waals surface area contributed by atoms with Crippen LogP contribution in [0.25, 0.3) is 0 Å². The molecule has 108 valence electrons. The van der Waals surface area contributed by atoms with E-state index in [1.165, 1.54) is 6.42 Å². The van der Waals surface area contributed by atoms with E-state index < -0.39 is 0 Å². The maximum absolute atomic E-state index is 4.29. The van der Waals surface area contributed by atoms with Crippen LogP contribution in [-0.2, 0) is 6.54 Å². The van der Waals surface area contributed by atoms with Gasteiger partial charge in [-0.15, -0.1) is 0 Å². The van der Waals surface area contributed by atoms with Crippen molar-refractivity contribution >= 4 is 0 Å². The highest BCUT2D eigenvalue weighted by molar-refractivity contribution is 4.90. The Labute approximate surface area is 117 Å². The van der Waals surface area contributed by atoms with Crippen molar-refractivity contribution in [1.29, 1.82) is 0 Å². The van der Waals surface area contributed by atoms with Crippen LogP contribution in [-0.4, -0.2) is 46.2 Å². The maximum atomic E-state index is 4.29. The van der Waals surface area contributed by atoms with Crippen LogP contribution in [0.4, 0.5) is 0 Å². The van der Waals surface area contributed by atoms with E-state index in [4.69, 9.17) is 0 Å². The summed E-state index contributed by atoms with van der Waals surface area (Å²) in [6.45, 7) is 13.4. The van der Waals surface area contributed by atoms with Gasteiger partial charge in [0, 0.05) is 50.7 Å². The molecule has 0 bridgehead atoms. The lowest BCUT2D eigenvalue weighted by Crippen LogP contribution is -2.56. The van der Waals surface area contributed by atoms with Gasteiger partial charge in [-0.2, -0.15) is 0 Å². The lowest BCUT2D eigenvalue weighted by molar-refractivity contribution is 0.114. The molecule has 0 saturated carbocycles. The van der Waals surface area contributed by atoms with E-state index in [-0.39, 0.29) is 0 Å². The molecule has 0 spiro atoms. The maximum Gasteiger partial charge on any atom is 0.105 e. The summed E-state index contributed by atoms with van der Waals surface area (Å²) >= 11 is 0. The molecule has 0 aromatic carbocycles. The Morgan fingerprint density at radius 1 is 1.42 bits per heavy atom. The van der Waals surface area contributed by atoms with Gasteiger partial charge in [-0.3, -0.25) is 4.90 Å². The number of hydrogen-bond donors (Lipinski definition) is 1. The normalized spacial score (nSPS) is 25.1. The molecule has 1 fully saturated rings. The van der Waals surface area contributed by atoms with Crippen molar-refractivity contribution in [2.45, 2.75) is 52.7 Å². The molecule has 0 amide bonds. The van der Waals surface area contributed by atoms with E-state index in [0.29, 0.717) is 12.1 Å². The first-order valence-electron chi connectivity index (χ1n) is 7.51. The Hall–Kier alpha value is -0.870. The molecule has 2 unspecified atom stereocenters. The van der Waals surface area contributed by atoms with E-state index >= 15 is 0 Å². The van der Waals surface area contributed by atoms with Crippen molar-refractivity contribution in [3.05, 3.63) is 18.2 Å². The Kier molecular flexibility index (Phi) is 4.99. The van der Waals surface area contributed by atoms with Crippen LogP contribution in [0.1, 0.15) is 33.0 Å². The Bertz CT molecular complexity index is 385. The molecule has 2 heterocycles. The molecule has 4 heteroatoms. The Morgan fingerprint density at radius 3 is 2.84 bits per heavy atom. The topological polar surface area (TPSA) is 33.1 Å². The number of aryl methyl sites for hydroxylation is 1. The zero-order valence-electron chi connectivity index (χ0n) is 12.8. The van der Waals surface area contributed by atoms with Crippen molar-refractivity contribution < 1.29 is 0 Å². The molecule has 19 heavy (non-hydrogen) atoms. The van der Waals surface area contributed by atoms with Crippen molar-refractivity contribution in [2.24, 2.45) is 5.92 Å². The third-order valence-electron chi connectivity index (χ3n) is 4.02. The van der Waals surface area contributed by atoms with Crippen LogP contribution >= 0.6 is 0 Å². The fourth-order valence-corrected chi connectivity index (χ4v) is 2.96. The molecule has 4 nitrogen and oxygen atoms in total. The zero-order valence-corrected chi connectivity index (χ0v) is 12.8. The second kappa shape index (κ2) is 6.53. The van der Waals surface area contributed by atoms with Crippen molar-refractivity contribution in [3.63, 3.8) is 0 Å². The highest BCUT2D eigenvalue weighted by atomic mass is 15.2. The van der Waals surface area contributed by atoms with Crippen molar-refractivity contribution in [1.82, 2.24) is 19.8 Å². The number of hydrogen-bond acceptors (Lipinski definition) is 3. The molecule has 1 saturated heterocycles. The van der Waals surface area contributed by atoms with Crippen molar-refractivity contribution in [2.75, 3.05) is 19.6 Å². The quantitative estimate of drug-likeness (QED) is 0.882. The molecule has 1 N–H and O–H groups in total. The summed E-state index contributed by atoms with van der Waals surface area (Å²) in [6.07, 6.45) is 5.25. The summed E-state index contributed by atoms with van der Waals surface area (Å²) < 4.78 is 2.25. The average molecular weight is 264 g/mol. The van der Waals surface area contributed by atoms with Crippen LogP contribution in [0.3, 0.4) is 0 Å². The minimum Gasteiger partial charge on any atom is -0.334 e. The molecular formula is C15H28N4. The molecule has 2 atom stereocenters. The van der Waals surface area contributed by atoms with Gasteiger partial charge >= 0.3 is 0 Å². The van der Waals surface area contributed by atoms with Crippen LogP contribution in [0.15, 0.2) is 12.4 Å². The number of nitrogens with one attached hydrogen (secondary N) is 1. The number of aromatic nitrogens is 2. The van der Waals surface area contributed by atoms with Crippen LogP contribution in [0, 0.1) is 12.8 Å². The molecule has 2 rings (SSSR count). The molecule has 1 aliphatic heterocycles. The largest absolute Gasteiger partial charge is 0.334 e. The molecular weight excluding hydrogens is 236 g/mol. The number of nitrogens with zero attached hydrogens (tertiary/aromatic N) is 3. The summed E-state index contributed by atoms with van der Waals surface area (Å²) in [5, 5.41) is 3.61. The fourth-order valence-electron chi connectivity index (χ4n) is 2.96. The first-order chi connectivity index (χ1) is 9.06. The summed E-state index contributed by atoms with van der Waals surface area (Å²) in [7, 11) is 0. The number of imidazole rings is 1. The highest BCUT2D eigenvalue weighted by Gasteiger charge is 2.25. The van der Waals surface area contributed by atoms with E-state index in [9.17, 15) is 0 Å². The van der Waals surface area contributed by atoms with Gasteiger partial charge in [0.2, 0.25) is 0 Å². The Morgan fingerprint density at radius 2 is 2.21 bits per heavy atom. The highest BCUT2D eigenvalue weighted by Crippen LogP contribution is 2.15. The van der Waals surface area contributed by atoms with E-state index in [2.05, 4.69) is 53.7 Å². The van der Waals surface area contributed by atoms with Gasteiger partial charge in [0.15, 0.2) is 0 Å². The lowest BCUT2D eigenvalue weighted by Gasteiger charge is -2.40. The van der Waals surface area contributed by atoms with Crippen LogP contribution in [0.2, 0.25) is 0 Å². The lowest BCUT2D eigenvalue weighted by atomic mass is 9.99. The minimum atomic E-state index is 0.604. The first-order valence-corrected chi connectivity index (χ1v) is 7.51. The van der Waals surface area contributed by atoms with Crippen molar-refractivity contribution in [3.8, 4) is 0 Å². The molecule has 1 aromatic rings. The van der Waals surface area contributed by atoms with Gasteiger partial charge in [-0.1, -0.05) is 13.8 Å². The molecule has 0 radical (unpaired) electrons. The minimum absolute atomic E-state index is 0.604. The first kappa shape index (κ1) is 14.5. The van der Waals surface area contributed by atoms with E-state index in [1.54, 1.807) is 0 Å². The van der Waals surface area contributed by atoms with E-state index in [1.807, 2.05) is 6.20 Å². The van der Waals surface area contributed by atoms with Crippen LogP contribution < -0.4 is 5.32 Å². The summed E-state index contributed by atoms with van der Waals surface area (Å²) in [4.78, 5) is 6.95. The zero-order chi connectivity index (χ0) is 13.8. The standard InChI is InChI=1S/C15H28N4/c1-12(2)9-15-10-17-13(3)11-19(15)8-7-18-6-5-16-14(18)4/h5-6,12-13,15,17H,7-11H2,1-4H3. The fraction of sp³-hybridized carbons (Fsp3) is 0.800. The van der Waals surface area contributed by atoms with Gasteiger partial charge in [0.1, 0.15) is 5.82 Å². The third-order valence-corrected chi connectivity index (χ3v) is 4.02. The second-order valence-electron chi connectivity index (χ2n) is 6.26. The second-order valence-corrected chi connectivity index (χ2v) is 6.26. The third kappa shape index (κ3) is 4.05. The SMILES string of the molecule is Cc1nccn1CCN1CC(C)NCC1CC(C)C. The number of piperazine rings is 1. The predicted molar refractivity (Wildman–Crippen MR) is 79.2 cm³/mol. The van der Waals surface area contributed by atoms with Gasteiger partial charge in [-0.05, 0) is 26.2 Å². The van der Waals surface area contributed by atoms with Gasteiger partial charge in [0.05, 0.1) is 0 Å². The van der Waals surface area contributed by atoms with Gasteiger partial charge < -0.3 is 9.88 Å². The molecule has 1 aliphatic rings. The summed E-state index contributed by atoms with van der Waals surface area (Å²) in [5.41, 5.74) is 0. The average Bonchev–Trinajstić information content (AvgIpc) is 2.75. The Balaban J connectivity index is 1.92. The van der Waals surface area contributed by atoms with Gasteiger partial charge in [0.25, 0.3) is 0 Å². The molecule has 0 aliphatic carbocycles. The van der Waals surface area contributed by atoms with E-state index in [0.717, 1.165) is 37.9 Å². The predicted octanol–water partition coefficient (Wildman–Crippen LogP) is 1.90. The monoisotopic (exact) mass is 264 g/mol. The van der Waals surface area contributed by atoms with Crippen LogP contribution in [0.5, 0.6) is 0 Å². The smallest absolute Gasteiger partial charge is 0.105 e. The summed E-state index contributed by atoms with van der Waals surface area (Å²) in [6, 6.07) is 1.28. The molecule has 1 aromatic heterocycles. The number of rotatable bonds is 5. The van der Waals surface area contributed by atoms with Gasteiger partial charge in [-0.25, -0.2) is 4.98 Å². The summed E-state index contributed by atoms with van der Waals surface area (Å²) in [5.74, 6) is 1.88.